The van der Waals surface area contributed by atoms with Gasteiger partial charge in [-0.3, -0.25) is 9.11 Å². The van der Waals surface area contributed by atoms with Crippen molar-refractivity contribution in [1.29, 1.82) is 0 Å². The summed E-state index contributed by atoms with van der Waals surface area (Å²) < 4.78 is 64.7. The van der Waals surface area contributed by atoms with Crippen LogP contribution in [0.15, 0.2) is 17.0 Å². The van der Waals surface area contributed by atoms with Gasteiger partial charge in [0.25, 0.3) is 5.92 Å². The fourth-order valence-electron chi connectivity index (χ4n) is 2.96. The van der Waals surface area contributed by atoms with Gasteiger partial charge in [0.1, 0.15) is 24.1 Å². The number of hydrogen-bond donors (Lipinski definition) is 3. The number of benzene rings is 1. The van der Waals surface area contributed by atoms with Crippen LogP contribution in [0.4, 0.5) is 13.2 Å². The van der Waals surface area contributed by atoms with Crippen molar-refractivity contribution in [2.24, 2.45) is 0 Å². The second-order valence-electron chi connectivity index (χ2n) is 5.96. The molecule has 1 aromatic rings. The molecule has 1 fully saturated rings. The third-order valence-electron chi connectivity index (χ3n) is 4.07. The van der Waals surface area contributed by atoms with Crippen molar-refractivity contribution in [2.75, 3.05) is 6.26 Å². The van der Waals surface area contributed by atoms with Gasteiger partial charge >= 0.3 is 0 Å². The van der Waals surface area contributed by atoms with Crippen molar-refractivity contribution in [3.8, 4) is 5.75 Å². The van der Waals surface area contributed by atoms with E-state index in [4.69, 9.17) is 4.74 Å². The number of hydrogen-bond acceptors (Lipinski definition) is 4. The quantitative estimate of drug-likeness (QED) is 0.788. The number of aliphatic hydroxyl groups is 1. The van der Waals surface area contributed by atoms with E-state index in [1.54, 1.807) is 0 Å². The summed E-state index contributed by atoms with van der Waals surface area (Å²) in [6.07, 6.45) is -3.44. The third kappa shape index (κ3) is 2.68. The Morgan fingerprint density at radius 3 is 2.45 bits per heavy atom. The molecule has 1 aromatic carbocycles. The van der Waals surface area contributed by atoms with E-state index in [1.165, 1.54) is 18.4 Å². The summed E-state index contributed by atoms with van der Waals surface area (Å²) in [5.74, 6) is -2.50. The van der Waals surface area contributed by atoms with E-state index in [-0.39, 0.29) is 22.6 Å². The number of aliphatic hydroxyl groups excluding tert-OH is 1. The van der Waals surface area contributed by atoms with Gasteiger partial charge in [0.05, 0.1) is 4.90 Å². The number of fused-ring (bicyclic) bond motifs is 1. The standard InChI is InChI=1S/C14H17F3O4S/c1-22(19,20)11-3-2-10(21-7-5-14(16,17)6-7)8-4-9(15)13(18)12(8)11/h2-3,7,9,13,18-20H,4-6H2,1H3/t9-,13-/m1/s1. The van der Waals surface area contributed by atoms with Gasteiger partial charge in [-0.1, -0.05) is 0 Å². The predicted octanol–water partition coefficient (Wildman–Crippen LogP) is 3.53. The molecule has 8 heteroatoms. The summed E-state index contributed by atoms with van der Waals surface area (Å²) in [7, 11) is -3.14. The van der Waals surface area contributed by atoms with Gasteiger partial charge in [-0.15, -0.1) is 0 Å². The Labute approximate surface area is 127 Å². The lowest BCUT2D eigenvalue weighted by atomic mass is 9.91. The van der Waals surface area contributed by atoms with Crippen LogP contribution >= 0.6 is 10.6 Å². The summed E-state index contributed by atoms with van der Waals surface area (Å²) in [6, 6.07) is 2.77. The minimum Gasteiger partial charge on any atom is -0.490 e. The topological polar surface area (TPSA) is 69.9 Å². The van der Waals surface area contributed by atoms with Gasteiger partial charge in [0.15, 0.2) is 0 Å². The fraction of sp³-hybridized carbons (Fsp3) is 0.571. The molecule has 1 saturated carbocycles. The van der Waals surface area contributed by atoms with Gasteiger partial charge in [0, 0.05) is 36.6 Å². The smallest absolute Gasteiger partial charge is 0.255 e. The highest BCUT2D eigenvalue weighted by molar-refractivity contribution is 8.23. The van der Waals surface area contributed by atoms with E-state index in [0.29, 0.717) is 5.56 Å². The van der Waals surface area contributed by atoms with E-state index in [0.717, 1.165) is 0 Å². The van der Waals surface area contributed by atoms with Gasteiger partial charge in [-0.05, 0) is 12.1 Å². The molecule has 2 aliphatic carbocycles. The zero-order valence-electron chi connectivity index (χ0n) is 11.8. The molecule has 0 saturated heterocycles. The predicted molar refractivity (Wildman–Crippen MR) is 75.6 cm³/mol. The van der Waals surface area contributed by atoms with Crippen molar-refractivity contribution in [1.82, 2.24) is 0 Å². The maximum atomic E-state index is 13.8. The third-order valence-corrected chi connectivity index (χ3v) is 5.26. The molecule has 0 radical (unpaired) electrons. The average Bonchev–Trinajstić information content (AvgIpc) is 2.63. The zero-order valence-corrected chi connectivity index (χ0v) is 12.6. The van der Waals surface area contributed by atoms with Crippen LogP contribution in [0.1, 0.15) is 30.1 Å². The molecule has 0 amide bonds. The highest BCUT2D eigenvalue weighted by atomic mass is 32.3. The van der Waals surface area contributed by atoms with Crippen molar-refractivity contribution in [2.45, 2.75) is 48.5 Å². The molecule has 2 atom stereocenters. The molecule has 0 bridgehead atoms. The summed E-state index contributed by atoms with van der Waals surface area (Å²) >= 11 is 0. The molecule has 3 N–H and O–H groups in total. The van der Waals surface area contributed by atoms with Crippen molar-refractivity contribution in [3.63, 3.8) is 0 Å². The molecule has 3 rings (SSSR count). The zero-order chi connectivity index (χ0) is 16.3. The van der Waals surface area contributed by atoms with Crippen LogP contribution in [0, 0.1) is 0 Å². The first-order valence-electron chi connectivity index (χ1n) is 6.84. The number of rotatable bonds is 3. The molecular formula is C14H17F3O4S. The Bertz CT molecular complexity index is 594. The summed E-state index contributed by atoms with van der Waals surface area (Å²) in [6.45, 7) is 0. The molecule has 0 aliphatic heterocycles. The van der Waals surface area contributed by atoms with Crippen LogP contribution in [0.2, 0.25) is 0 Å². The van der Waals surface area contributed by atoms with Crippen LogP contribution in [-0.2, 0) is 6.42 Å². The lowest BCUT2D eigenvalue weighted by Gasteiger charge is -2.36. The Morgan fingerprint density at radius 2 is 1.91 bits per heavy atom. The Morgan fingerprint density at radius 1 is 1.27 bits per heavy atom. The average molecular weight is 338 g/mol. The van der Waals surface area contributed by atoms with Gasteiger partial charge < -0.3 is 9.84 Å². The van der Waals surface area contributed by atoms with E-state index >= 15 is 0 Å². The maximum Gasteiger partial charge on any atom is 0.255 e. The van der Waals surface area contributed by atoms with Crippen LogP contribution in [0.5, 0.6) is 5.75 Å². The summed E-state index contributed by atoms with van der Waals surface area (Å²) in [5.41, 5.74) is 0.438. The molecule has 2 aliphatic rings. The minimum atomic E-state index is -3.14. The number of halogens is 3. The molecular weight excluding hydrogens is 321 g/mol. The van der Waals surface area contributed by atoms with E-state index < -0.39 is 47.7 Å². The van der Waals surface area contributed by atoms with Crippen LogP contribution in [-0.4, -0.2) is 38.7 Å². The van der Waals surface area contributed by atoms with E-state index in [2.05, 4.69) is 0 Å². The number of ether oxygens (including phenoxy) is 1. The second kappa shape index (κ2) is 5.02. The van der Waals surface area contributed by atoms with E-state index in [1.807, 2.05) is 0 Å². The highest BCUT2D eigenvalue weighted by Crippen LogP contribution is 2.53. The van der Waals surface area contributed by atoms with Crippen LogP contribution in [0.25, 0.3) is 0 Å². The molecule has 0 unspecified atom stereocenters. The first-order chi connectivity index (χ1) is 10.1. The maximum absolute atomic E-state index is 13.8. The van der Waals surface area contributed by atoms with Gasteiger partial charge in [-0.2, -0.15) is 10.6 Å². The monoisotopic (exact) mass is 338 g/mol. The van der Waals surface area contributed by atoms with Crippen LogP contribution < -0.4 is 4.74 Å². The molecule has 124 valence electrons. The summed E-state index contributed by atoms with van der Waals surface area (Å²) in [4.78, 5) is 0.0708. The highest BCUT2D eigenvalue weighted by Gasteiger charge is 2.47. The Hall–Kier alpha value is -0.960. The minimum absolute atomic E-state index is 0.0708. The second-order valence-corrected chi connectivity index (χ2v) is 8.06. The van der Waals surface area contributed by atoms with Crippen molar-refractivity contribution < 1.29 is 32.1 Å². The van der Waals surface area contributed by atoms with Gasteiger partial charge in [-0.25, -0.2) is 13.2 Å². The normalized spacial score (nSPS) is 28.1. The molecule has 4 nitrogen and oxygen atoms in total. The van der Waals surface area contributed by atoms with E-state index in [9.17, 15) is 27.4 Å². The molecule has 22 heavy (non-hydrogen) atoms. The largest absolute Gasteiger partial charge is 0.490 e. The first kappa shape index (κ1) is 15.9. The summed E-state index contributed by atoms with van der Waals surface area (Å²) in [5, 5.41) is 9.95. The molecule has 0 spiro atoms. The van der Waals surface area contributed by atoms with Crippen LogP contribution in [0.3, 0.4) is 0 Å². The van der Waals surface area contributed by atoms with Crippen molar-refractivity contribution >= 4 is 10.6 Å². The van der Waals surface area contributed by atoms with Gasteiger partial charge in [0.2, 0.25) is 0 Å². The Kier molecular flexibility index (Phi) is 3.63. The SMILES string of the molecule is CS(O)(O)c1ccc(OC2CC(F)(F)C2)c2c1[C@H](O)[C@H](F)C2. The molecule has 0 aromatic heterocycles. The number of alkyl halides is 3. The lowest BCUT2D eigenvalue weighted by Crippen LogP contribution is -2.43. The lowest BCUT2D eigenvalue weighted by molar-refractivity contribution is -0.134. The Balaban J connectivity index is 1.94. The fourth-order valence-corrected chi connectivity index (χ4v) is 3.95. The first-order valence-corrected chi connectivity index (χ1v) is 8.79. The molecule has 0 heterocycles. The van der Waals surface area contributed by atoms with Crippen molar-refractivity contribution in [3.05, 3.63) is 23.3 Å².